The Labute approximate surface area is 129 Å². The Hall–Kier alpha value is -2.46. The fourth-order valence-corrected chi connectivity index (χ4v) is 1.92. The Morgan fingerprint density at radius 3 is 2.91 bits per heavy atom. The molecule has 0 aliphatic rings. The van der Waals surface area contributed by atoms with Gasteiger partial charge < -0.3 is 10.4 Å². The Kier molecular flexibility index (Phi) is 4.73. The number of anilines is 1. The first-order chi connectivity index (χ1) is 10.5. The summed E-state index contributed by atoms with van der Waals surface area (Å²) in [5, 5.41) is 25.5. The van der Waals surface area contributed by atoms with Crippen molar-refractivity contribution in [1.82, 2.24) is 19.7 Å². The molecule has 0 saturated carbocycles. The minimum absolute atomic E-state index is 0.00169. The SMILES string of the molecule is Cc1nn(C(C)(C)CO)cc1-c1ccnc(NCCC#N)n1. The van der Waals surface area contributed by atoms with Gasteiger partial charge in [0.2, 0.25) is 5.95 Å². The molecular weight excluding hydrogens is 280 g/mol. The lowest BCUT2D eigenvalue weighted by Gasteiger charge is -2.22. The molecule has 7 heteroatoms. The third-order valence-electron chi connectivity index (χ3n) is 3.36. The lowest BCUT2D eigenvalue weighted by molar-refractivity contribution is 0.152. The van der Waals surface area contributed by atoms with Crippen molar-refractivity contribution in [1.29, 1.82) is 5.26 Å². The second kappa shape index (κ2) is 6.54. The summed E-state index contributed by atoms with van der Waals surface area (Å²) in [5.41, 5.74) is 2.02. The molecule has 116 valence electrons. The molecule has 0 aromatic carbocycles. The summed E-state index contributed by atoms with van der Waals surface area (Å²) in [7, 11) is 0. The van der Waals surface area contributed by atoms with Crippen LogP contribution >= 0.6 is 0 Å². The van der Waals surface area contributed by atoms with Crippen molar-refractivity contribution in [2.24, 2.45) is 0 Å². The quantitative estimate of drug-likeness (QED) is 0.788. The number of aliphatic hydroxyl groups excluding tert-OH is 1. The van der Waals surface area contributed by atoms with E-state index >= 15 is 0 Å². The second-order valence-corrected chi connectivity index (χ2v) is 5.64. The molecule has 0 fully saturated rings. The highest BCUT2D eigenvalue weighted by Crippen LogP contribution is 2.24. The Morgan fingerprint density at radius 1 is 1.45 bits per heavy atom. The molecule has 0 amide bonds. The minimum atomic E-state index is -0.468. The topological polar surface area (TPSA) is 99.6 Å². The van der Waals surface area contributed by atoms with Gasteiger partial charge >= 0.3 is 0 Å². The van der Waals surface area contributed by atoms with Gasteiger partial charge in [-0.05, 0) is 26.8 Å². The first-order valence-electron chi connectivity index (χ1n) is 7.10. The number of hydrogen-bond acceptors (Lipinski definition) is 6. The van der Waals surface area contributed by atoms with Crippen molar-refractivity contribution >= 4 is 5.95 Å². The molecule has 0 atom stereocenters. The number of aliphatic hydroxyl groups is 1. The fraction of sp³-hybridized carbons (Fsp3) is 0.467. The van der Waals surface area contributed by atoms with Crippen LogP contribution in [-0.4, -0.2) is 38.0 Å². The van der Waals surface area contributed by atoms with Gasteiger partial charge in [-0.3, -0.25) is 4.68 Å². The Bertz CT molecular complexity index is 686. The summed E-state index contributed by atoms with van der Waals surface area (Å²) >= 11 is 0. The van der Waals surface area contributed by atoms with Crippen LogP contribution in [0.4, 0.5) is 5.95 Å². The van der Waals surface area contributed by atoms with E-state index in [0.717, 1.165) is 17.0 Å². The molecule has 0 aliphatic carbocycles. The zero-order valence-corrected chi connectivity index (χ0v) is 13.0. The van der Waals surface area contributed by atoms with Crippen LogP contribution in [0.15, 0.2) is 18.5 Å². The number of rotatable bonds is 6. The van der Waals surface area contributed by atoms with Crippen molar-refractivity contribution in [3.63, 3.8) is 0 Å². The fourth-order valence-electron chi connectivity index (χ4n) is 1.92. The van der Waals surface area contributed by atoms with Gasteiger partial charge in [0.25, 0.3) is 0 Å². The third kappa shape index (κ3) is 3.40. The maximum Gasteiger partial charge on any atom is 0.223 e. The van der Waals surface area contributed by atoms with Crippen LogP contribution in [0, 0.1) is 18.3 Å². The van der Waals surface area contributed by atoms with Gasteiger partial charge in [0, 0.05) is 24.5 Å². The zero-order valence-electron chi connectivity index (χ0n) is 13.0. The summed E-state index contributed by atoms with van der Waals surface area (Å²) in [4.78, 5) is 8.59. The summed E-state index contributed by atoms with van der Waals surface area (Å²) in [6.45, 7) is 6.24. The summed E-state index contributed by atoms with van der Waals surface area (Å²) in [6, 6.07) is 3.88. The largest absolute Gasteiger partial charge is 0.394 e. The van der Waals surface area contributed by atoms with E-state index in [2.05, 4.69) is 26.5 Å². The number of aryl methyl sites for hydroxylation is 1. The van der Waals surface area contributed by atoms with Crippen molar-refractivity contribution in [2.45, 2.75) is 32.7 Å². The smallest absolute Gasteiger partial charge is 0.223 e. The molecule has 0 radical (unpaired) electrons. The Balaban J connectivity index is 2.29. The van der Waals surface area contributed by atoms with Gasteiger partial charge in [-0.1, -0.05) is 0 Å². The van der Waals surface area contributed by atoms with Crippen molar-refractivity contribution < 1.29 is 5.11 Å². The summed E-state index contributed by atoms with van der Waals surface area (Å²) < 4.78 is 1.75. The van der Waals surface area contributed by atoms with Crippen molar-refractivity contribution in [2.75, 3.05) is 18.5 Å². The maximum absolute atomic E-state index is 9.46. The molecule has 2 aromatic heterocycles. The molecule has 2 rings (SSSR count). The van der Waals surface area contributed by atoms with Crippen LogP contribution in [0.3, 0.4) is 0 Å². The molecule has 22 heavy (non-hydrogen) atoms. The van der Waals surface area contributed by atoms with Crippen LogP contribution in [0.5, 0.6) is 0 Å². The predicted molar refractivity (Wildman–Crippen MR) is 83.1 cm³/mol. The van der Waals surface area contributed by atoms with E-state index in [1.54, 1.807) is 10.9 Å². The molecule has 0 bridgehead atoms. The third-order valence-corrected chi connectivity index (χ3v) is 3.36. The Morgan fingerprint density at radius 2 is 2.23 bits per heavy atom. The number of hydrogen-bond donors (Lipinski definition) is 2. The van der Waals surface area contributed by atoms with Gasteiger partial charge in [-0.15, -0.1) is 0 Å². The van der Waals surface area contributed by atoms with Crippen LogP contribution in [-0.2, 0) is 5.54 Å². The highest BCUT2D eigenvalue weighted by Gasteiger charge is 2.22. The molecule has 0 aliphatic heterocycles. The molecule has 7 nitrogen and oxygen atoms in total. The average Bonchev–Trinajstić information content (AvgIpc) is 2.91. The van der Waals surface area contributed by atoms with Gasteiger partial charge in [0.1, 0.15) is 0 Å². The molecule has 2 N–H and O–H groups in total. The average molecular weight is 300 g/mol. The normalized spacial score (nSPS) is 11.2. The lowest BCUT2D eigenvalue weighted by atomic mass is 10.1. The number of nitrogens with zero attached hydrogens (tertiary/aromatic N) is 5. The zero-order chi connectivity index (χ0) is 16.2. The monoisotopic (exact) mass is 300 g/mol. The molecule has 0 unspecified atom stereocenters. The number of aromatic nitrogens is 4. The molecular formula is C15H20N6O. The van der Waals surface area contributed by atoms with Gasteiger partial charge in [0.15, 0.2) is 0 Å². The molecule has 2 heterocycles. The first kappa shape index (κ1) is 15.9. The predicted octanol–water partition coefficient (Wildman–Crippen LogP) is 1.70. The van der Waals surface area contributed by atoms with E-state index in [1.165, 1.54) is 0 Å². The van der Waals surface area contributed by atoms with Gasteiger partial charge in [-0.2, -0.15) is 10.4 Å². The van der Waals surface area contributed by atoms with Crippen LogP contribution < -0.4 is 5.32 Å². The van der Waals surface area contributed by atoms with E-state index in [1.807, 2.05) is 33.0 Å². The van der Waals surface area contributed by atoms with E-state index in [9.17, 15) is 5.11 Å². The second-order valence-electron chi connectivity index (χ2n) is 5.64. The standard InChI is InChI=1S/C15H20N6O/c1-11-12(9-21(20-11)15(2,3)10-22)13-5-8-18-14(19-13)17-7-4-6-16/h5,8-9,22H,4,7,10H2,1-3H3,(H,17,18,19). The van der Waals surface area contributed by atoms with E-state index < -0.39 is 5.54 Å². The van der Waals surface area contributed by atoms with Gasteiger partial charge in [-0.25, -0.2) is 9.97 Å². The highest BCUT2D eigenvalue weighted by atomic mass is 16.3. The van der Waals surface area contributed by atoms with E-state index in [4.69, 9.17) is 5.26 Å². The van der Waals surface area contributed by atoms with Crippen molar-refractivity contribution in [3.8, 4) is 17.3 Å². The van der Waals surface area contributed by atoms with E-state index in [-0.39, 0.29) is 6.61 Å². The lowest BCUT2D eigenvalue weighted by Crippen LogP contribution is -2.30. The number of nitrogens with one attached hydrogen (secondary N) is 1. The first-order valence-corrected chi connectivity index (χ1v) is 7.10. The molecule has 2 aromatic rings. The molecule has 0 spiro atoms. The number of nitriles is 1. The van der Waals surface area contributed by atoms with Crippen molar-refractivity contribution in [3.05, 3.63) is 24.2 Å². The van der Waals surface area contributed by atoms with Crippen LogP contribution in [0.2, 0.25) is 0 Å². The van der Waals surface area contributed by atoms with Crippen LogP contribution in [0.1, 0.15) is 26.0 Å². The highest BCUT2D eigenvalue weighted by molar-refractivity contribution is 5.61. The van der Waals surface area contributed by atoms with Crippen LogP contribution in [0.25, 0.3) is 11.3 Å². The maximum atomic E-state index is 9.46. The summed E-state index contributed by atoms with van der Waals surface area (Å²) in [6.07, 6.45) is 3.95. The summed E-state index contributed by atoms with van der Waals surface area (Å²) in [5.74, 6) is 0.487. The van der Waals surface area contributed by atoms with E-state index in [0.29, 0.717) is 18.9 Å². The minimum Gasteiger partial charge on any atom is -0.394 e. The molecule has 0 saturated heterocycles. The van der Waals surface area contributed by atoms with Gasteiger partial charge in [0.05, 0.1) is 36.0 Å².